The van der Waals surface area contributed by atoms with E-state index in [2.05, 4.69) is 0 Å². The van der Waals surface area contributed by atoms with E-state index in [9.17, 15) is 8.42 Å². The number of benzene rings is 2. The van der Waals surface area contributed by atoms with Crippen molar-refractivity contribution in [1.29, 1.82) is 0 Å². The van der Waals surface area contributed by atoms with E-state index < -0.39 is 16.3 Å². The van der Waals surface area contributed by atoms with Crippen LogP contribution in [0, 0.1) is 6.92 Å². The van der Waals surface area contributed by atoms with E-state index in [0.29, 0.717) is 18.7 Å². The Kier molecular flexibility index (Phi) is 4.73. The Morgan fingerprint density at radius 1 is 1.08 bits per heavy atom. The summed E-state index contributed by atoms with van der Waals surface area (Å²) in [4.78, 5) is 0.279. The molecule has 0 saturated carbocycles. The normalized spacial score (nSPS) is 17.8. The van der Waals surface area contributed by atoms with Gasteiger partial charge >= 0.3 is 0 Å². The lowest BCUT2D eigenvalue weighted by atomic mass is 10.2. The highest BCUT2D eigenvalue weighted by atomic mass is 32.2. The standard InChI is InChI=1S/C19H21NO3S/c1-3-23-19-14-13-18(16-7-5-4-6-8-16)20(19)24(21,22)17-11-9-15(2)10-12-17/h4-13,19H,3,14H2,1-2H3. The Bertz CT molecular complexity index is 827. The first-order valence-corrected chi connectivity index (χ1v) is 9.46. The van der Waals surface area contributed by atoms with Crippen LogP contribution in [0.4, 0.5) is 0 Å². The quantitative estimate of drug-likeness (QED) is 0.830. The van der Waals surface area contributed by atoms with Gasteiger partial charge in [-0.05, 0) is 31.5 Å². The highest BCUT2D eigenvalue weighted by Gasteiger charge is 2.37. The molecule has 2 aromatic carbocycles. The van der Waals surface area contributed by atoms with Crippen molar-refractivity contribution in [3.05, 3.63) is 71.8 Å². The summed E-state index contributed by atoms with van der Waals surface area (Å²) in [6.07, 6.45) is 1.97. The van der Waals surface area contributed by atoms with E-state index in [-0.39, 0.29) is 4.90 Å². The minimum Gasteiger partial charge on any atom is -0.357 e. The molecule has 1 atom stereocenters. The summed E-state index contributed by atoms with van der Waals surface area (Å²) in [5.41, 5.74) is 2.57. The number of nitrogens with zero attached hydrogens (tertiary/aromatic N) is 1. The van der Waals surface area contributed by atoms with Crippen molar-refractivity contribution in [2.24, 2.45) is 0 Å². The van der Waals surface area contributed by atoms with Crippen LogP contribution in [0.25, 0.3) is 5.70 Å². The van der Waals surface area contributed by atoms with Gasteiger partial charge in [-0.2, -0.15) is 0 Å². The summed E-state index contributed by atoms with van der Waals surface area (Å²) in [5, 5.41) is 0. The molecule has 5 heteroatoms. The molecule has 126 valence electrons. The van der Waals surface area contributed by atoms with Gasteiger partial charge in [0, 0.05) is 13.0 Å². The van der Waals surface area contributed by atoms with Crippen molar-refractivity contribution >= 4 is 15.7 Å². The van der Waals surface area contributed by atoms with Gasteiger partial charge < -0.3 is 4.74 Å². The Balaban J connectivity index is 2.05. The van der Waals surface area contributed by atoms with Gasteiger partial charge in [0.15, 0.2) is 0 Å². The van der Waals surface area contributed by atoms with E-state index in [4.69, 9.17) is 4.74 Å². The maximum Gasteiger partial charge on any atom is 0.266 e. The summed E-state index contributed by atoms with van der Waals surface area (Å²) < 4.78 is 33.5. The van der Waals surface area contributed by atoms with Crippen LogP contribution in [0.5, 0.6) is 0 Å². The van der Waals surface area contributed by atoms with Crippen LogP contribution in [0.15, 0.2) is 65.6 Å². The molecule has 0 radical (unpaired) electrons. The zero-order valence-corrected chi connectivity index (χ0v) is 14.7. The number of hydrogen-bond donors (Lipinski definition) is 0. The number of sulfonamides is 1. The molecule has 1 aliphatic heterocycles. The van der Waals surface area contributed by atoms with E-state index in [1.165, 1.54) is 4.31 Å². The van der Waals surface area contributed by atoms with Gasteiger partial charge in [0.25, 0.3) is 10.0 Å². The summed E-state index contributed by atoms with van der Waals surface area (Å²) in [5.74, 6) is 0. The van der Waals surface area contributed by atoms with E-state index >= 15 is 0 Å². The van der Waals surface area contributed by atoms with Crippen molar-refractivity contribution in [2.75, 3.05) is 6.61 Å². The molecule has 0 bridgehead atoms. The van der Waals surface area contributed by atoms with Gasteiger partial charge in [0.05, 0.1) is 10.6 Å². The number of ether oxygens (including phenoxy) is 1. The van der Waals surface area contributed by atoms with Gasteiger partial charge in [0.2, 0.25) is 0 Å². The molecule has 1 unspecified atom stereocenters. The molecule has 0 amide bonds. The Morgan fingerprint density at radius 3 is 2.38 bits per heavy atom. The Hall–Kier alpha value is -2.11. The molecule has 1 heterocycles. The lowest BCUT2D eigenvalue weighted by Crippen LogP contribution is -2.37. The molecule has 0 aromatic heterocycles. The lowest BCUT2D eigenvalue weighted by molar-refractivity contribution is 0.0188. The molecule has 2 aromatic rings. The third-order valence-corrected chi connectivity index (χ3v) is 5.84. The average Bonchev–Trinajstić information content (AvgIpc) is 3.01. The predicted octanol–water partition coefficient (Wildman–Crippen LogP) is 3.79. The molecular formula is C19H21NO3S. The second-order valence-corrected chi connectivity index (χ2v) is 7.53. The molecule has 0 saturated heterocycles. The van der Waals surface area contributed by atoms with Crippen molar-refractivity contribution in [1.82, 2.24) is 4.31 Å². The first-order chi connectivity index (χ1) is 11.5. The Morgan fingerprint density at radius 2 is 1.75 bits per heavy atom. The zero-order chi connectivity index (χ0) is 17.2. The first-order valence-electron chi connectivity index (χ1n) is 8.02. The summed E-state index contributed by atoms with van der Waals surface area (Å²) in [6.45, 7) is 4.27. The molecular weight excluding hydrogens is 322 g/mol. The fourth-order valence-electron chi connectivity index (χ4n) is 2.84. The summed E-state index contributed by atoms with van der Waals surface area (Å²) in [6, 6.07) is 16.5. The number of hydrogen-bond acceptors (Lipinski definition) is 3. The maximum absolute atomic E-state index is 13.2. The van der Waals surface area contributed by atoms with Crippen LogP contribution in [-0.2, 0) is 14.8 Å². The van der Waals surface area contributed by atoms with E-state index in [1.54, 1.807) is 12.1 Å². The SMILES string of the molecule is CCOC1CC=C(c2ccccc2)N1S(=O)(=O)c1ccc(C)cc1. The van der Waals surface area contributed by atoms with Crippen LogP contribution < -0.4 is 0 Å². The smallest absolute Gasteiger partial charge is 0.266 e. The summed E-state index contributed by atoms with van der Waals surface area (Å²) in [7, 11) is -3.68. The zero-order valence-electron chi connectivity index (χ0n) is 13.8. The van der Waals surface area contributed by atoms with E-state index in [0.717, 1.165) is 11.1 Å². The van der Waals surface area contributed by atoms with E-state index in [1.807, 2.05) is 62.4 Å². The highest BCUT2D eigenvalue weighted by molar-refractivity contribution is 7.89. The molecule has 1 aliphatic rings. The van der Waals surface area contributed by atoms with Gasteiger partial charge in [-0.1, -0.05) is 54.1 Å². The second kappa shape index (κ2) is 6.79. The minimum absolute atomic E-state index is 0.279. The van der Waals surface area contributed by atoms with Crippen molar-refractivity contribution in [2.45, 2.75) is 31.4 Å². The molecule has 4 nitrogen and oxygen atoms in total. The number of aryl methyl sites for hydroxylation is 1. The number of rotatable bonds is 5. The molecule has 0 aliphatic carbocycles. The van der Waals surface area contributed by atoms with Gasteiger partial charge in [-0.25, -0.2) is 12.7 Å². The molecule has 0 spiro atoms. The average molecular weight is 343 g/mol. The highest BCUT2D eigenvalue weighted by Crippen LogP contribution is 2.36. The minimum atomic E-state index is -3.68. The van der Waals surface area contributed by atoms with Crippen molar-refractivity contribution in [3.63, 3.8) is 0 Å². The summed E-state index contributed by atoms with van der Waals surface area (Å²) >= 11 is 0. The molecule has 0 N–H and O–H groups in total. The fraction of sp³-hybridized carbons (Fsp3) is 0.263. The van der Waals surface area contributed by atoms with Crippen LogP contribution in [0.3, 0.4) is 0 Å². The van der Waals surface area contributed by atoms with Crippen LogP contribution in [0.1, 0.15) is 24.5 Å². The molecule has 3 rings (SSSR count). The van der Waals surface area contributed by atoms with Gasteiger partial charge in [-0.3, -0.25) is 0 Å². The van der Waals surface area contributed by atoms with Gasteiger partial charge in [0.1, 0.15) is 6.23 Å². The largest absolute Gasteiger partial charge is 0.357 e. The third-order valence-electron chi connectivity index (χ3n) is 4.02. The third kappa shape index (κ3) is 3.09. The van der Waals surface area contributed by atoms with Crippen molar-refractivity contribution in [3.8, 4) is 0 Å². The van der Waals surface area contributed by atoms with Gasteiger partial charge in [-0.15, -0.1) is 0 Å². The maximum atomic E-state index is 13.2. The topological polar surface area (TPSA) is 46.6 Å². The Labute approximate surface area is 143 Å². The van der Waals surface area contributed by atoms with Crippen LogP contribution in [-0.4, -0.2) is 25.6 Å². The monoisotopic (exact) mass is 343 g/mol. The van der Waals surface area contributed by atoms with Crippen molar-refractivity contribution < 1.29 is 13.2 Å². The molecule has 24 heavy (non-hydrogen) atoms. The lowest BCUT2D eigenvalue weighted by Gasteiger charge is -2.29. The first kappa shape index (κ1) is 16.7. The predicted molar refractivity (Wildman–Crippen MR) is 94.7 cm³/mol. The van der Waals surface area contributed by atoms with Crippen LogP contribution in [0.2, 0.25) is 0 Å². The second-order valence-electron chi connectivity index (χ2n) is 5.71. The van der Waals surface area contributed by atoms with Crippen LogP contribution >= 0.6 is 0 Å². The fourth-order valence-corrected chi connectivity index (χ4v) is 4.45. The molecule has 0 fully saturated rings.